The molecule has 0 spiro atoms. The number of pyridine rings is 2. The summed E-state index contributed by atoms with van der Waals surface area (Å²) in [7, 11) is 0. The SMILES string of the molecule is CC[C@@]1(O)C(=O)OCc2c1cc1n(c2=O)Cc2c-1nc1cc(F)c(C)cc1c2CCCCOCNC(=O)[C@H](C)NC(=O)[C@H](C)NC(=O)[C@H](C)N. The number of aromatic nitrogens is 2. The number of unbranched alkanes of at least 4 members (excludes halogenated alkanes) is 1. The molecule has 0 saturated carbocycles. The molecule has 6 N–H and O–H groups in total. The van der Waals surface area contributed by atoms with Crippen molar-refractivity contribution in [2.24, 2.45) is 5.73 Å². The highest BCUT2D eigenvalue weighted by molar-refractivity contribution is 5.92. The highest BCUT2D eigenvalue weighted by atomic mass is 19.1. The van der Waals surface area contributed by atoms with Gasteiger partial charge in [0.25, 0.3) is 5.56 Å². The Kier molecular flexibility index (Phi) is 10.7. The standard InChI is InChI=1S/C35H43FN6O8/c1-6-35(48)25-12-28-29-23(14-42(28)33(46)24(25)15-50-34(35)47)21(22-11-17(2)26(36)13-27(22)41-29)9-7-8-10-49-16-38-31(44)19(4)40-32(45)20(5)39-30(43)18(3)37/h11-13,18-20,48H,6-10,14-16,37H2,1-5H3,(H,38,44)(H,39,43)(H,40,45)/t18-,19-,20-,35-/m0/s1. The number of hydrogen-bond donors (Lipinski definition) is 5. The number of nitrogens with two attached hydrogens (primary N) is 1. The van der Waals surface area contributed by atoms with Gasteiger partial charge < -0.3 is 40.8 Å². The lowest BCUT2D eigenvalue weighted by Gasteiger charge is -2.31. The lowest BCUT2D eigenvalue weighted by atomic mass is 9.86. The number of cyclic esters (lactones) is 1. The van der Waals surface area contributed by atoms with Gasteiger partial charge in [-0.15, -0.1) is 0 Å². The Morgan fingerprint density at radius 2 is 1.78 bits per heavy atom. The van der Waals surface area contributed by atoms with Crippen molar-refractivity contribution < 1.29 is 38.1 Å². The summed E-state index contributed by atoms with van der Waals surface area (Å²) in [5.41, 5.74) is 7.16. The van der Waals surface area contributed by atoms with Crippen molar-refractivity contribution >= 4 is 34.6 Å². The van der Waals surface area contributed by atoms with Crippen molar-refractivity contribution in [2.45, 2.75) is 97.2 Å². The lowest BCUT2D eigenvalue weighted by molar-refractivity contribution is -0.172. The maximum absolute atomic E-state index is 14.7. The van der Waals surface area contributed by atoms with E-state index in [4.69, 9.17) is 20.2 Å². The molecule has 0 radical (unpaired) electrons. The number of halogens is 1. The lowest BCUT2D eigenvalue weighted by Crippen LogP contribution is -2.53. The molecule has 15 heteroatoms. The fourth-order valence-corrected chi connectivity index (χ4v) is 6.24. The summed E-state index contributed by atoms with van der Waals surface area (Å²) in [5, 5.41) is 19.6. The number of nitrogens with zero attached hydrogens (tertiary/aromatic N) is 2. The molecular formula is C35H43FN6O8. The fourth-order valence-electron chi connectivity index (χ4n) is 6.24. The molecule has 5 rings (SSSR count). The van der Waals surface area contributed by atoms with Gasteiger partial charge in [0, 0.05) is 29.2 Å². The van der Waals surface area contributed by atoms with Crippen LogP contribution in [-0.2, 0) is 53.8 Å². The summed E-state index contributed by atoms with van der Waals surface area (Å²) >= 11 is 0. The molecule has 4 atom stereocenters. The number of ether oxygens (including phenoxy) is 2. The summed E-state index contributed by atoms with van der Waals surface area (Å²) in [4.78, 5) is 67.5. The smallest absolute Gasteiger partial charge is 0.343 e. The normalized spacial score (nSPS) is 18.0. The molecule has 2 aliphatic heterocycles. The first-order valence-electron chi connectivity index (χ1n) is 16.7. The Bertz CT molecular complexity index is 1930. The van der Waals surface area contributed by atoms with Crippen molar-refractivity contribution in [2.75, 3.05) is 13.3 Å². The van der Waals surface area contributed by atoms with Gasteiger partial charge in [0.2, 0.25) is 17.7 Å². The van der Waals surface area contributed by atoms with Gasteiger partial charge in [0.15, 0.2) is 5.60 Å². The van der Waals surface area contributed by atoms with Gasteiger partial charge in [-0.05, 0) is 76.6 Å². The number of amides is 3. The van der Waals surface area contributed by atoms with Gasteiger partial charge in [-0.25, -0.2) is 14.2 Å². The zero-order chi connectivity index (χ0) is 36.5. The van der Waals surface area contributed by atoms with Crippen molar-refractivity contribution in [3.63, 3.8) is 0 Å². The van der Waals surface area contributed by atoms with Crippen molar-refractivity contribution in [3.05, 3.63) is 62.2 Å². The summed E-state index contributed by atoms with van der Waals surface area (Å²) in [6.07, 6.45) is 1.85. The minimum atomic E-state index is -1.96. The third kappa shape index (κ3) is 6.98. The molecule has 268 valence electrons. The van der Waals surface area contributed by atoms with Gasteiger partial charge in [-0.3, -0.25) is 19.2 Å². The molecule has 2 aromatic heterocycles. The van der Waals surface area contributed by atoms with Crippen LogP contribution in [0.2, 0.25) is 0 Å². The van der Waals surface area contributed by atoms with Gasteiger partial charge >= 0.3 is 5.97 Å². The second-order valence-electron chi connectivity index (χ2n) is 12.9. The first kappa shape index (κ1) is 36.5. The van der Waals surface area contributed by atoms with Gasteiger partial charge in [-0.2, -0.15) is 0 Å². The predicted molar refractivity (Wildman–Crippen MR) is 180 cm³/mol. The summed E-state index contributed by atoms with van der Waals surface area (Å²) in [5.74, 6) is -2.70. The molecule has 0 saturated heterocycles. The number of aryl methyl sites for hydroxylation is 2. The van der Waals surface area contributed by atoms with Crippen LogP contribution < -0.4 is 27.2 Å². The van der Waals surface area contributed by atoms with Crippen molar-refractivity contribution in [1.82, 2.24) is 25.5 Å². The Morgan fingerprint density at radius 3 is 2.48 bits per heavy atom. The molecular weight excluding hydrogens is 651 g/mol. The molecule has 0 fully saturated rings. The summed E-state index contributed by atoms with van der Waals surface area (Å²) in [6, 6.07) is 2.25. The molecule has 2 aliphatic rings. The summed E-state index contributed by atoms with van der Waals surface area (Å²) < 4.78 is 27.1. The van der Waals surface area contributed by atoms with E-state index in [0.717, 1.165) is 16.5 Å². The van der Waals surface area contributed by atoms with E-state index in [1.54, 1.807) is 30.5 Å². The quantitative estimate of drug-likeness (QED) is 0.0771. The number of carbonyl (C=O) groups is 4. The van der Waals surface area contributed by atoms with Gasteiger partial charge in [-0.1, -0.05) is 6.92 Å². The molecule has 1 aromatic carbocycles. The van der Waals surface area contributed by atoms with Crippen LogP contribution in [0.5, 0.6) is 0 Å². The maximum atomic E-state index is 14.7. The highest BCUT2D eigenvalue weighted by Crippen LogP contribution is 2.40. The first-order valence-corrected chi connectivity index (χ1v) is 16.7. The minimum Gasteiger partial charge on any atom is -0.458 e. The molecule has 50 heavy (non-hydrogen) atoms. The zero-order valence-electron chi connectivity index (χ0n) is 28.8. The molecule has 0 bridgehead atoms. The van der Waals surface area contributed by atoms with E-state index < -0.39 is 53.2 Å². The van der Waals surface area contributed by atoms with E-state index in [-0.39, 0.29) is 43.0 Å². The molecule has 0 unspecified atom stereocenters. The van der Waals surface area contributed by atoms with Crippen LogP contribution in [-0.4, -0.2) is 69.8 Å². The maximum Gasteiger partial charge on any atom is 0.343 e. The Hall–Kier alpha value is -4.73. The van der Waals surface area contributed by atoms with Crippen LogP contribution in [0.4, 0.5) is 4.39 Å². The van der Waals surface area contributed by atoms with Crippen LogP contribution in [0.25, 0.3) is 22.3 Å². The fraction of sp³-hybridized carbons (Fsp3) is 0.486. The van der Waals surface area contributed by atoms with E-state index in [0.29, 0.717) is 48.3 Å². The van der Waals surface area contributed by atoms with Crippen LogP contribution in [0.1, 0.15) is 74.8 Å². The predicted octanol–water partition coefficient (Wildman–Crippen LogP) is 1.30. The number of hydrogen-bond acceptors (Lipinski definition) is 10. The molecule has 4 heterocycles. The van der Waals surface area contributed by atoms with Gasteiger partial charge in [0.1, 0.15) is 31.2 Å². The summed E-state index contributed by atoms with van der Waals surface area (Å²) in [6.45, 7) is 8.03. The second kappa shape index (κ2) is 14.6. The minimum absolute atomic E-state index is 0.0199. The average Bonchev–Trinajstić information content (AvgIpc) is 3.44. The molecule has 0 aliphatic carbocycles. The Labute approximate surface area is 287 Å². The number of esters is 1. The van der Waals surface area contributed by atoms with Crippen molar-refractivity contribution in [3.8, 4) is 11.4 Å². The largest absolute Gasteiger partial charge is 0.458 e. The zero-order valence-corrected chi connectivity index (χ0v) is 28.8. The van der Waals surface area contributed by atoms with Crippen molar-refractivity contribution in [1.29, 1.82) is 0 Å². The van der Waals surface area contributed by atoms with E-state index in [2.05, 4.69) is 16.0 Å². The second-order valence-corrected chi connectivity index (χ2v) is 12.9. The third-order valence-corrected chi connectivity index (χ3v) is 9.32. The molecule has 3 aromatic rings. The highest BCUT2D eigenvalue weighted by Gasteiger charge is 2.45. The van der Waals surface area contributed by atoms with Gasteiger partial charge in [0.05, 0.1) is 35.1 Å². The van der Waals surface area contributed by atoms with Crippen LogP contribution in [0.3, 0.4) is 0 Å². The first-order chi connectivity index (χ1) is 23.7. The van der Waals surface area contributed by atoms with Crippen LogP contribution in [0, 0.1) is 12.7 Å². The topological polar surface area (TPSA) is 204 Å². The Balaban J connectivity index is 1.24. The number of benzene rings is 1. The number of nitrogens with one attached hydrogen (secondary N) is 3. The third-order valence-electron chi connectivity index (χ3n) is 9.32. The monoisotopic (exact) mass is 694 g/mol. The van der Waals surface area contributed by atoms with Crippen LogP contribution in [0.15, 0.2) is 23.0 Å². The Morgan fingerprint density at radius 1 is 1.08 bits per heavy atom. The molecule has 3 amide bonds. The number of rotatable bonds is 13. The number of carbonyl (C=O) groups excluding carboxylic acids is 4. The number of aliphatic hydroxyl groups is 1. The van der Waals surface area contributed by atoms with Crippen LogP contribution >= 0.6 is 0 Å². The van der Waals surface area contributed by atoms with E-state index in [1.165, 1.54) is 26.8 Å². The van der Waals surface area contributed by atoms with E-state index >= 15 is 0 Å². The number of fused-ring (bicyclic) bond motifs is 5. The average molecular weight is 695 g/mol. The molecule has 14 nitrogen and oxygen atoms in total. The van der Waals surface area contributed by atoms with E-state index in [1.807, 2.05) is 0 Å². The van der Waals surface area contributed by atoms with E-state index in [9.17, 15) is 33.5 Å².